The summed E-state index contributed by atoms with van der Waals surface area (Å²) in [6.45, 7) is 0.425. The van der Waals surface area contributed by atoms with Gasteiger partial charge in [0.1, 0.15) is 0 Å². The standard InChI is InChI=1S/C19H24N4O2/c20-17(24)12-7-13-21-19(25)18-15-10-5-2-6-11-16(15)23(22-18)14-8-3-1-4-9-14/h1,3-4,8-9H,2,5-7,10-13H2,(H2,20,24)(H,21,25). The molecule has 1 aromatic carbocycles. The van der Waals surface area contributed by atoms with Gasteiger partial charge >= 0.3 is 0 Å². The van der Waals surface area contributed by atoms with E-state index in [0.717, 1.165) is 42.6 Å². The number of nitrogens with zero attached hydrogens (tertiary/aromatic N) is 2. The van der Waals surface area contributed by atoms with E-state index in [4.69, 9.17) is 5.73 Å². The van der Waals surface area contributed by atoms with Gasteiger partial charge in [0, 0.05) is 24.2 Å². The van der Waals surface area contributed by atoms with Crippen molar-refractivity contribution < 1.29 is 9.59 Å². The van der Waals surface area contributed by atoms with Crippen molar-refractivity contribution >= 4 is 11.8 Å². The lowest BCUT2D eigenvalue weighted by atomic mass is 10.1. The van der Waals surface area contributed by atoms with Gasteiger partial charge in [0.25, 0.3) is 5.91 Å². The fourth-order valence-corrected chi connectivity index (χ4v) is 3.29. The maximum atomic E-state index is 12.6. The van der Waals surface area contributed by atoms with E-state index in [9.17, 15) is 9.59 Å². The molecule has 1 aliphatic rings. The van der Waals surface area contributed by atoms with E-state index in [2.05, 4.69) is 10.4 Å². The molecule has 0 saturated heterocycles. The van der Waals surface area contributed by atoms with Crippen molar-refractivity contribution in [1.29, 1.82) is 0 Å². The van der Waals surface area contributed by atoms with Crippen LogP contribution in [-0.2, 0) is 17.6 Å². The minimum absolute atomic E-state index is 0.169. The van der Waals surface area contributed by atoms with Crippen LogP contribution < -0.4 is 11.1 Å². The molecule has 0 bridgehead atoms. The highest BCUT2D eigenvalue weighted by Gasteiger charge is 2.24. The Hall–Kier alpha value is -2.63. The smallest absolute Gasteiger partial charge is 0.272 e. The molecule has 0 unspecified atom stereocenters. The van der Waals surface area contributed by atoms with Crippen LogP contribution in [0, 0.1) is 0 Å². The van der Waals surface area contributed by atoms with Gasteiger partial charge in [-0.15, -0.1) is 0 Å². The van der Waals surface area contributed by atoms with Crippen molar-refractivity contribution in [3.63, 3.8) is 0 Å². The summed E-state index contributed by atoms with van der Waals surface area (Å²) >= 11 is 0. The largest absolute Gasteiger partial charge is 0.370 e. The summed E-state index contributed by atoms with van der Waals surface area (Å²) in [6.07, 6.45) is 6.00. The second-order valence-electron chi connectivity index (χ2n) is 6.41. The topological polar surface area (TPSA) is 90.0 Å². The summed E-state index contributed by atoms with van der Waals surface area (Å²) in [7, 11) is 0. The number of para-hydroxylation sites is 1. The zero-order valence-electron chi connectivity index (χ0n) is 14.3. The summed E-state index contributed by atoms with van der Waals surface area (Å²) in [4.78, 5) is 23.4. The number of hydrogen-bond acceptors (Lipinski definition) is 3. The van der Waals surface area contributed by atoms with Crippen molar-refractivity contribution in [3.05, 3.63) is 47.3 Å². The van der Waals surface area contributed by atoms with Crippen LogP contribution in [0.3, 0.4) is 0 Å². The summed E-state index contributed by atoms with van der Waals surface area (Å²) < 4.78 is 1.92. The van der Waals surface area contributed by atoms with E-state index >= 15 is 0 Å². The predicted octanol–water partition coefficient (Wildman–Crippen LogP) is 2.14. The highest BCUT2D eigenvalue weighted by Crippen LogP contribution is 2.26. The van der Waals surface area contributed by atoms with Gasteiger partial charge in [0.2, 0.25) is 5.91 Å². The number of carbonyl (C=O) groups is 2. The average molecular weight is 340 g/mol. The van der Waals surface area contributed by atoms with Crippen molar-refractivity contribution in [1.82, 2.24) is 15.1 Å². The Bertz CT molecular complexity index is 752. The van der Waals surface area contributed by atoms with Crippen LogP contribution >= 0.6 is 0 Å². The lowest BCUT2D eigenvalue weighted by Gasteiger charge is -2.06. The number of nitrogens with one attached hydrogen (secondary N) is 1. The van der Waals surface area contributed by atoms with Crippen LogP contribution in [0.1, 0.15) is 53.8 Å². The third-order valence-corrected chi connectivity index (χ3v) is 4.53. The number of aromatic nitrogens is 2. The van der Waals surface area contributed by atoms with E-state index in [1.54, 1.807) is 0 Å². The number of amides is 2. The normalized spacial score (nSPS) is 13.8. The molecule has 2 aromatic rings. The molecule has 0 aliphatic heterocycles. The number of primary amides is 1. The molecule has 0 radical (unpaired) electrons. The van der Waals surface area contributed by atoms with Gasteiger partial charge in [-0.1, -0.05) is 24.6 Å². The zero-order valence-corrected chi connectivity index (χ0v) is 14.3. The van der Waals surface area contributed by atoms with E-state index in [1.165, 1.54) is 6.42 Å². The van der Waals surface area contributed by atoms with Gasteiger partial charge in [-0.25, -0.2) is 4.68 Å². The van der Waals surface area contributed by atoms with Gasteiger partial charge in [0.05, 0.1) is 5.69 Å². The molecule has 0 atom stereocenters. The van der Waals surface area contributed by atoms with Crippen molar-refractivity contribution in [2.75, 3.05) is 6.54 Å². The third-order valence-electron chi connectivity index (χ3n) is 4.53. The SMILES string of the molecule is NC(=O)CCCNC(=O)c1nn(-c2ccccc2)c2c1CCCCC2. The fraction of sp³-hybridized carbons (Fsp3) is 0.421. The Morgan fingerprint density at radius 3 is 2.64 bits per heavy atom. The van der Waals surface area contributed by atoms with Crippen LogP contribution in [0.25, 0.3) is 5.69 Å². The van der Waals surface area contributed by atoms with Crippen molar-refractivity contribution in [2.24, 2.45) is 5.73 Å². The number of hydrogen-bond donors (Lipinski definition) is 2. The lowest BCUT2D eigenvalue weighted by Crippen LogP contribution is -2.27. The van der Waals surface area contributed by atoms with E-state index in [1.807, 2.05) is 35.0 Å². The average Bonchev–Trinajstić information content (AvgIpc) is 2.81. The van der Waals surface area contributed by atoms with Gasteiger partial charge in [-0.05, 0) is 44.2 Å². The molecule has 132 valence electrons. The number of rotatable bonds is 6. The first-order valence-electron chi connectivity index (χ1n) is 8.89. The molecule has 25 heavy (non-hydrogen) atoms. The van der Waals surface area contributed by atoms with Gasteiger partial charge in [0.15, 0.2) is 5.69 Å². The highest BCUT2D eigenvalue weighted by atomic mass is 16.2. The molecule has 3 N–H and O–H groups in total. The molecule has 1 aromatic heterocycles. The minimum Gasteiger partial charge on any atom is -0.370 e. The molecule has 1 aliphatic carbocycles. The number of benzene rings is 1. The molecule has 6 heteroatoms. The second-order valence-corrected chi connectivity index (χ2v) is 6.41. The van der Waals surface area contributed by atoms with Gasteiger partial charge in [-0.2, -0.15) is 5.10 Å². The lowest BCUT2D eigenvalue weighted by molar-refractivity contribution is -0.118. The molecule has 6 nitrogen and oxygen atoms in total. The first kappa shape index (κ1) is 17.2. The summed E-state index contributed by atoms with van der Waals surface area (Å²) in [5.74, 6) is -0.520. The quantitative estimate of drug-likeness (QED) is 0.623. The van der Waals surface area contributed by atoms with Crippen LogP contribution in [0.5, 0.6) is 0 Å². The van der Waals surface area contributed by atoms with Crippen LogP contribution in [0.2, 0.25) is 0 Å². The Balaban J connectivity index is 1.85. The molecular formula is C19H24N4O2. The molecule has 2 amide bonds. The fourth-order valence-electron chi connectivity index (χ4n) is 3.29. The van der Waals surface area contributed by atoms with Crippen molar-refractivity contribution in [2.45, 2.75) is 44.9 Å². The first-order valence-corrected chi connectivity index (χ1v) is 8.89. The van der Waals surface area contributed by atoms with Gasteiger partial charge < -0.3 is 11.1 Å². The molecule has 1 heterocycles. The molecule has 0 spiro atoms. The Morgan fingerprint density at radius 1 is 1.12 bits per heavy atom. The Labute approximate surface area is 147 Å². The van der Waals surface area contributed by atoms with E-state index in [0.29, 0.717) is 18.7 Å². The first-order chi connectivity index (χ1) is 12.2. The second kappa shape index (κ2) is 7.96. The van der Waals surface area contributed by atoms with Gasteiger partial charge in [-0.3, -0.25) is 9.59 Å². The number of fused-ring (bicyclic) bond motifs is 1. The summed E-state index contributed by atoms with van der Waals surface area (Å²) in [5.41, 5.74) is 8.83. The molecule has 0 fully saturated rings. The predicted molar refractivity (Wildman–Crippen MR) is 95.6 cm³/mol. The monoisotopic (exact) mass is 340 g/mol. The van der Waals surface area contributed by atoms with E-state index < -0.39 is 0 Å². The molecular weight excluding hydrogens is 316 g/mol. The maximum Gasteiger partial charge on any atom is 0.272 e. The number of carbonyl (C=O) groups excluding carboxylic acids is 2. The molecule has 3 rings (SSSR count). The summed E-state index contributed by atoms with van der Waals surface area (Å²) in [6, 6.07) is 9.94. The van der Waals surface area contributed by atoms with E-state index in [-0.39, 0.29) is 18.2 Å². The number of nitrogens with two attached hydrogens (primary N) is 1. The summed E-state index contributed by atoms with van der Waals surface area (Å²) in [5, 5.41) is 7.50. The van der Waals surface area contributed by atoms with Crippen LogP contribution in [0.15, 0.2) is 30.3 Å². The van der Waals surface area contributed by atoms with Crippen LogP contribution in [0.4, 0.5) is 0 Å². The van der Waals surface area contributed by atoms with Crippen LogP contribution in [-0.4, -0.2) is 28.1 Å². The Morgan fingerprint density at radius 2 is 1.88 bits per heavy atom. The minimum atomic E-state index is -0.350. The van der Waals surface area contributed by atoms with Crippen molar-refractivity contribution in [3.8, 4) is 5.69 Å². The Kier molecular flexibility index (Phi) is 5.48. The zero-order chi connectivity index (χ0) is 17.6. The molecule has 0 saturated carbocycles. The third kappa shape index (κ3) is 4.07. The maximum absolute atomic E-state index is 12.6. The highest BCUT2D eigenvalue weighted by molar-refractivity contribution is 5.94.